The Morgan fingerprint density at radius 2 is 1.78 bits per heavy atom. The molecule has 1 aliphatic heterocycles. The highest BCUT2D eigenvalue weighted by Crippen LogP contribution is 2.34. The van der Waals surface area contributed by atoms with Crippen LogP contribution in [0.2, 0.25) is 0 Å². The van der Waals surface area contributed by atoms with Gasteiger partial charge >= 0.3 is 6.09 Å². The molecule has 0 aliphatic carbocycles. The van der Waals surface area contributed by atoms with Gasteiger partial charge in [0.05, 0.1) is 13.7 Å². The second-order valence-corrected chi connectivity index (χ2v) is 9.39. The van der Waals surface area contributed by atoms with E-state index in [0.717, 1.165) is 5.56 Å². The molecule has 5 rings (SSSR count). The zero-order valence-electron chi connectivity index (χ0n) is 22.1. The van der Waals surface area contributed by atoms with E-state index >= 15 is 0 Å². The summed E-state index contributed by atoms with van der Waals surface area (Å²) >= 11 is 0. The molecule has 0 bridgehead atoms. The summed E-state index contributed by atoms with van der Waals surface area (Å²) in [5.41, 5.74) is 2.96. The average Bonchev–Trinajstić information content (AvgIpc) is 3.33. The molecule has 0 spiro atoms. The maximum Gasteiger partial charge on any atom is 0.411 e. The Morgan fingerprint density at radius 1 is 1.00 bits per heavy atom. The number of amides is 3. The van der Waals surface area contributed by atoms with Crippen LogP contribution in [0.4, 0.5) is 14.9 Å². The summed E-state index contributed by atoms with van der Waals surface area (Å²) in [6.45, 7) is 0.263. The van der Waals surface area contributed by atoms with E-state index in [4.69, 9.17) is 9.47 Å². The van der Waals surface area contributed by atoms with Crippen molar-refractivity contribution in [1.29, 1.82) is 0 Å². The lowest BCUT2D eigenvalue weighted by Crippen LogP contribution is -2.46. The molecular weight excluding hydrogens is 527 g/mol. The molecule has 0 unspecified atom stereocenters. The minimum atomic E-state index is -0.999. The van der Waals surface area contributed by atoms with Crippen molar-refractivity contribution in [3.8, 4) is 5.75 Å². The van der Waals surface area contributed by atoms with Gasteiger partial charge in [-0.25, -0.2) is 9.18 Å². The standard InChI is InChI=1S/C31H27FN4O5/c1-40-26-6-2-5-23(16-26)29(37)35-25-13-9-22(10-14-25)28-27(30(38)34-18-21-4-3-15-33-17-21)36(31(39)41-28)19-20-7-11-24(32)12-8-20/h2-17,27-28H,18-19H2,1H3,(H,34,38)(H,35,37)/t27-,28-/m0/s1. The summed E-state index contributed by atoms with van der Waals surface area (Å²) in [6.07, 6.45) is 1.69. The Labute approximate surface area is 235 Å². The fourth-order valence-corrected chi connectivity index (χ4v) is 4.52. The van der Waals surface area contributed by atoms with Crippen molar-refractivity contribution >= 4 is 23.6 Å². The number of pyridine rings is 1. The molecule has 4 aromatic rings. The van der Waals surface area contributed by atoms with Gasteiger partial charge in [0, 0.05) is 30.2 Å². The SMILES string of the molecule is COc1cccc(C(=O)Nc2ccc([C@@H]3OC(=O)N(Cc4ccc(F)cc4)[C@@H]3C(=O)NCc3cccnc3)cc2)c1. The predicted octanol–water partition coefficient (Wildman–Crippen LogP) is 4.86. The summed E-state index contributed by atoms with van der Waals surface area (Å²) < 4.78 is 24.3. The molecule has 1 aromatic heterocycles. The van der Waals surface area contributed by atoms with Crippen molar-refractivity contribution in [2.75, 3.05) is 12.4 Å². The van der Waals surface area contributed by atoms with Crippen LogP contribution < -0.4 is 15.4 Å². The van der Waals surface area contributed by atoms with Crippen LogP contribution >= 0.6 is 0 Å². The molecule has 3 amide bonds. The zero-order chi connectivity index (χ0) is 28.8. The Balaban J connectivity index is 1.35. The Morgan fingerprint density at radius 3 is 2.49 bits per heavy atom. The third-order valence-electron chi connectivity index (χ3n) is 6.64. The van der Waals surface area contributed by atoms with Crippen molar-refractivity contribution in [2.24, 2.45) is 0 Å². The third-order valence-corrected chi connectivity index (χ3v) is 6.64. The van der Waals surface area contributed by atoms with Crippen LogP contribution in [-0.4, -0.2) is 40.9 Å². The largest absolute Gasteiger partial charge is 0.497 e. The average molecular weight is 555 g/mol. The van der Waals surface area contributed by atoms with E-state index in [2.05, 4.69) is 15.6 Å². The first-order valence-electron chi connectivity index (χ1n) is 12.8. The maximum atomic E-state index is 13.5. The first-order chi connectivity index (χ1) is 19.9. The Hall–Kier alpha value is -5.25. The number of rotatable bonds is 9. The van der Waals surface area contributed by atoms with Crippen molar-refractivity contribution in [2.45, 2.75) is 25.2 Å². The van der Waals surface area contributed by atoms with Crippen molar-refractivity contribution in [1.82, 2.24) is 15.2 Å². The maximum absolute atomic E-state index is 13.5. The number of nitrogens with one attached hydrogen (secondary N) is 2. The van der Waals surface area contributed by atoms with E-state index < -0.39 is 30.0 Å². The number of aromatic nitrogens is 1. The number of anilines is 1. The van der Waals surface area contributed by atoms with Gasteiger partial charge in [-0.3, -0.25) is 19.5 Å². The van der Waals surface area contributed by atoms with E-state index in [1.54, 1.807) is 79.1 Å². The number of carbonyl (C=O) groups excluding carboxylic acids is 3. The summed E-state index contributed by atoms with van der Waals surface area (Å²) in [5, 5.41) is 5.70. The number of hydrogen-bond acceptors (Lipinski definition) is 6. The second kappa shape index (κ2) is 12.3. The van der Waals surface area contributed by atoms with Gasteiger partial charge in [-0.15, -0.1) is 0 Å². The molecule has 9 nitrogen and oxygen atoms in total. The highest BCUT2D eigenvalue weighted by Gasteiger charge is 2.46. The fraction of sp³-hybridized carbons (Fsp3) is 0.161. The number of carbonyl (C=O) groups is 3. The zero-order valence-corrected chi connectivity index (χ0v) is 22.1. The lowest BCUT2D eigenvalue weighted by Gasteiger charge is -2.24. The van der Waals surface area contributed by atoms with E-state index in [-0.39, 0.29) is 19.0 Å². The lowest BCUT2D eigenvalue weighted by molar-refractivity contribution is -0.126. The molecule has 41 heavy (non-hydrogen) atoms. The van der Waals surface area contributed by atoms with Gasteiger partial charge in [-0.05, 0) is 65.2 Å². The van der Waals surface area contributed by atoms with Crippen LogP contribution in [-0.2, 0) is 22.6 Å². The highest BCUT2D eigenvalue weighted by atomic mass is 19.1. The molecule has 3 aromatic carbocycles. The summed E-state index contributed by atoms with van der Waals surface area (Å²) in [4.78, 5) is 44.6. The third kappa shape index (κ3) is 6.50. The number of nitrogens with zero attached hydrogens (tertiary/aromatic N) is 2. The lowest BCUT2D eigenvalue weighted by atomic mass is 10.00. The molecule has 1 aliphatic rings. The van der Waals surface area contributed by atoms with Gasteiger partial charge < -0.3 is 20.1 Å². The molecule has 0 radical (unpaired) electrons. The van der Waals surface area contributed by atoms with Crippen LogP contribution in [0, 0.1) is 5.82 Å². The molecule has 0 saturated carbocycles. The quantitative estimate of drug-likeness (QED) is 0.306. The monoisotopic (exact) mass is 554 g/mol. The molecule has 2 atom stereocenters. The van der Waals surface area contributed by atoms with Gasteiger partial charge in [0.25, 0.3) is 5.91 Å². The van der Waals surface area contributed by atoms with Gasteiger partial charge in [0.1, 0.15) is 11.6 Å². The summed E-state index contributed by atoms with van der Waals surface area (Å²) in [5.74, 6) is -0.571. The molecule has 1 fully saturated rings. The van der Waals surface area contributed by atoms with Gasteiger partial charge in [0.2, 0.25) is 5.91 Å². The molecule has 2 heterocycles. The number of cyclic esters (lactones) is 1. The van der Waals surface area contributed by atoms with Crippen molar-refractivity contribution < 1.29 is 28.2 Å². The molecule has 208 valence electrons. The number of ether oxygens (including phenoxy) is 2. The molecule has 2 N–H and O–H groups in total. The van der Waals surface area contributed by atoms with Crippen LogP contribution in [0.15, 0.2) is 97.3 Å². The minimum Gasteiger partial charge on any atom is -0.497 e. The number of methoxy groups -OCH3 is 1. The van der Waals surface area contributed by atoms with E-state index in [0.29, 0.717) is 28.1 Å². The van der Waals surface area contributed by atoms with E-state index in [1.807, 2.05) is 6.07 Å². The minimum absolute atomic E-state index is 0.0509. The second-order valence-electron chi connectivity index (χ2n) is 9.39. The molecule has 1 saturated heterocycles. The van der Waals surface area contributed by atoms with Crippen LogP contribution in [0.3, 0.4) is 0 Å². The van der Waals surface area contributed by atoms with Crippen LogP contribution in [0.5, 0.6) is 5.75 Å². The summed E-state index contributed by atoms with van der Waals surface area (Å²) in [7, 11) is 1.53. The van der Waals surface area contributed by atoms with Gasteiger partial charge in [0.15, 0.2) is 12.1 Å². The first-order valence-corrected chi connectivity index (χ1v) is 12.8. The van der Waals surface area contributed by atoms with E-state index in [9.17, 15) is 18.8 Å². The van der Waals surface area contributed by atoms with Crippen molar-refractivity contribution in [3.63, 3.8) is 0 Å². The van der Waals surface area contributed by atoms with Gasteiger partial charge in [-0.2, -0.15) is 0 Å². The van der Waals surface area contributed by atoms with E-state index in [1.165, 1.54) is 24.1 Å². The Kier molecular flexibility index (Phi) is 8.19. The van der Waals surface area contributed by atoms with Crippen LogP contribution in [0.1, 0.15) is 33.2 Å². The predicted molar refractivity (Wildman–Crippen MR) is 148 cm³/mol. The normalized spacial score (nSPS) is 16.1. The fourth-order valence-electron chi connectivity index (χ4n) is 4.52. The first kappa shape index (κ1) is 27.3. The highest BCUT2D eigenvalue weighted by molar-refractivity contribution is 6.04. The number of benzene rings is 3. The van der Waals surface area contributed by atoms with Crippen LogP contribution in [0.25, 0.3) is 0 Å². The molecule has 10 heteroatoms. The summed E-state index contributed by atoms with van der Waals surface area (Å²) in [6, 6.07) is 21.8. The smallest absolute Gasteiger partial charge is 0.411 e. The van der Waals surface area contributed by atoms with Gasteiger partial charge in [-0.1, -0.05) is 36.4 Å². The number of hydrogen-bond donors (Lipinski definition) is 2. The molecular formula is C31H27FN4O5. The van der Waals surface area contributed by atoms with Crippen molar-refractivity contribution in [3.05, 3.63) is 125 Å². The Bertz CT molecular complexity index is 1530. The number of halogens is 1. The topological polar surface area (TPSA) is 110 Å².